The van der Waals surface area contributed by atoms with Crippen molar-refractivity contribution >= 4 is 33.9 Å². The van der Waals surface area contributed by atoms with E-state index in [0.717, 1.165) is 16.7 Å². The van der Waals surface area contributed by atoms with Crippen LogP contribution in [-0.2, 0) is 9.53 Å². The van der Waals surface area contributed by atoms with E-state index in [1.165, 1.54) is 18.9 Å². The lowest BCUT2D eigenvalue weighted by atomic mass is 10.5. The number of nitrogens with zero attached hydrogens (tertiary/aromatic N) is 1. The largest absolute Gasteiger partial charge is 0.468 e. The molecule has 0 aromatic carbocycles. The van der Waals surface area contributed by atoms with Crippen LogP contribution in [0.25, 0.3) is 0 Å². The maximum absolute atomic E-state index is 11.0. The lowest BCUT2D eigenvalue weighted by Gasteiger charge is -2.06. The van der Waals surface area contributed by atoms with Crippen molar-refractivity contribution in [3.8, 4) is 0 Å². The predicted octanol–water partition coefficient (Wildman–Crippen LogP) is 1.38. The summed E-state index contributed by atoms with van der Waals surface area (Å²) in [6.07, 6.45) is 0. The number of thioether (sulfide) groups is 2. The lowest BCUT2D eigenvalue weighted by Crippen LogP contribution is -2.15. The molecule has 1 atom stereocenters. The summed E-state index contributed by atoms with van der Waals surface area (Å²) < 4.78 is 5.61. The Morgan fingerprint density at radius 2 is 2.58 bits per heavy atom. The Morgan fingerprint density at radius 3 is 3.08 bits per heavy atom. The van der Waals surface area contributed by atoms with Gasteiger partial charge in [0, 0.05) is 5.75 Å². The molecular weight excluding hydrogens is 194 g/mol. The summed E-state index contributed by atoms with van der Waals surface area (Å²) in [5, 5.41) is -0.139. The molecule has 0 amide bonds. The monoisotopic (exact) mass is 205 g/mol. The highest BCUT2D eigenvalue weighted by Crippen LogP contribution is 2.25. The molecule has 0 spiro atoms. The number of esters is 1. The van der Waals surface area contributed by atoms with Crippen LogP contribution in [0.2, 0.25) is 0 Å². The van der Waals surface area contributed by atoms with Gasteiger partial charge in [-0.25, -0.2) is 0 Å². The Kier molecular flexibility index (Phi) is 3.94. The van der Waals surface area contributed by atoms with Crippen LogP contribution in [0.3, 0.4) is 0 Å². The minimum absolute atomic E-state index is 0.139. The van der Waals surface area contributed by atoms with Crippen LogP contribution >= 0.6 is 23.5 Å². The van der Waals surface area contributed by atoms with Gasteiger partial charge in [0.25, 0.3) is 0 Å². The fourth-order valence-electron chi connectivity index (χ4n) is 0.752. The number of rotatable bonds is 2. The number of aliphatic imine (C=N–C) groups is 1. The van der Waals surface area contributed by atoms with Crippen LogP contribution in [-0.4, -0.2) is 35.0 Å². The molecular formula is C7H11NO2S2. The van der Waals surface area contributed by atoms with Crippen molar-refractivity contribution in [1.29, 1.82) is 0 Å². The Morgan fingerprint density at radius 1 is 1.83 bits per heavy atom. The topological polar surface area (TPSA) is 38.7 Å². The maximum Gasteiger partial charge on any atom is 0.318 e. The van der Waals surface area contributed by atoms with E-state index in [9.17, 15) is 4.79 Å². The van der Waals surface area contributed by atoms with Gasteiger partial charge in [-0.2, -0.15) is 0 Å². The van der Waals surface area contributed by atoms with Crippen molar-refractivity contribution in [2.75, 3.05) is 19.4 Å². The van der Waals surface area contributed by atoms with Crippen molar-refractivity contribution < 1.29 is 9.53 Å². The fourth-order valence-corrected chi connectivity index (χ4v) is 2.91. The molecule has 1 heterocycles. The molecule has 1 aliphatic rings. The zero-order valence-electron chi connectivity index (χ0n) is 7.07. The second-order valence-corrected chi connectivity index (χ2v) is 4.95. The highest BCUT2D eigenvalue weighted by Gasteiger charge is 2.18. The molecule has 0 N–H and O–H groups in total. The first-order valence-corrected chi connectivity index (χ1v) is 5.52. The second kappa shape index (κ2) is 4.77. The van der Waals surface area contributed by atoms with E-state index in [4.69, 9.17) is 0 Å². The van der Waals surface area contributed by atoms with Gasteiger partial charge in [-0.15, -0.1) is 0 Å². The molecule has 12 heavy (non-hydrogen) atoms. The van der Waals surface area contributed by atoms with E-state index in [-0.39, 0.29) is 11.2 Å². The van der Waals surface area contributed by atoms with E-state index in [1.54, 1.807) is 11.8 Å². The Labute approximate surface area is 80.3 Å². The first-order valence-electron chi connectivity index (χ1n) is 3.65. The molecule has 68 valence electrons. The normalized spacial score (nSPS) is 18.7. The minimum Gasteiger partial charge on any atom is -0.468 e. The summed E-state index contributed by atoms with van der Waals surface area (Å²) in [4.78, 5) is 15.2. The van der Waals surface area contributed by atoms with E-state index in [2.05, 4.69) is 9.73 Å². The highest BCUT2D eigenvalue weighted by molar-refractivity contribution is 8.39. The maximum atomic E-state index is 11.0. The van der Waals surface area contributed by atoms with Crippen LogP contribution in [0.4, 0.5) is 0 Å². The molecule has 0 saturated carbocycles. The Balaban J connectivity index is 2.34. The van der Waals surface area contributed by atoms with Gasteiger partial charge in [-0.05, 0) is 6.92 Å². The summed E-state index contributed by atoms with van der Waals surface area (Å²) in [7, 11) is 1.41. The zero-order chi connectivity index (χ0) is 8.97. The van der Waals surface area contributed by atoms with Crippen LogP contribution < -0.4 is 0 Å². The van der Waals surface area contributed by atoms with Crippen molar-refractivity contribution in [2.24, 2.45) is 4.99 Å². The third-order valence-electron chi connectivity index (χ3n) is 1.37. The Bertz CT molecular complexity index is 206. The average Bonchev–Trinajstić information content (AvgIpc) is 2.55. The van der Waals surface area contributed by atoms with Gasteiger partial charge < -0.3 is 4.74 Å². The molecule has 0 bridgehead atoms. The third-order valence-corrected chi connectivity index (χ3v) is 3.65. The zero-order valence-corrected chi connectivity index (χ0v) is 8.70. The van der Waals surface area contributed by atoms with Gasteiger partial charge in [-0.1, -0.05) is 23.5 Å². The molecule has 0 fully saturated rings. The summed E-state index contributed by atoms with van der Waals surface area (Å²) in [5.74, 6) is 0.853. The first kappa shape index (κ1) is 9.92. The van der Waals surface area contributed by atoms with Crippen LogP contribution in [0.15, 0.2) is 4.99 Å². The molecule has 5 heteroatoms. The average molecular weight is 205 g/mol. The molecule has 1 rings (SSSR count). The van der Waals surface area contributed by atoms with E-state index < -0.39 is 0 Å². The summed E-state index contributed by atoms with van der Waals surface area (Å²) in [5.41, 5.74) is 0. The summed E-state index contributed by atoms with van der Waals surface area (Å²) in [6.45, 7) is 2.71. The van der Waals surface area contributed by atoms with E-state index in [0.29, 0.717) is 0 Å². The van der Waals surface area contributed by atoms with Crippen LogP contribution in [0.5, 0.6) is 0 Å². The SMILES string of the molecule is COC(=O)[C@H](C)SC1=NCCS1. The van der Waals surface area contributed by atoms with Crippen molar-refractivity contribution in [1.82, 2.24) is 0 Å². The van der Waals surface area contributed by atoms with Crippen molar-refractivity contribution in [2.45, 2.75) is 12.2 Å². The Hall–Kier alpha value is -0.160. The number of ether oxygens (including phenoxy) is 1. The third kappa shape index (κ3) is 2.71. The first-order chi connectivity index (χ1) is 5.74. The van der Waals surface area contributed by atoms with Gasteiger partial charge in [0.05, 0.1) is 13.7 Å². The fraction of sp³-hybridized carbons (Fsp3) is 0.714. The van der Waals surface area contributed by atoms with E-state index in [1.807, 2.05) is 6.92 Å². The number of methoxy groups -OCH3 is 1. The standard InChI is InChI=1S/C7H11NO2S2/c1-5(6(9)10-2)12-7-8-3-4-11-7/h5H,3-4H2,1-2H3/t5-/m0/s1. The summed E-state index contributed by atoms with van der Waals surface area (Å²) in [6, 6.07) is 0. The lowest BCUT2D eigenvalue weighted by molar-refractivity contribution is -0.139. The van der Waals surface area contributed by atoms with Gasteiger partial charge >= 0.3 is 5.97 Å². The van der Waals surface area contributed by atoms with Crippen LogP contribution in [0.1, 0.15) is 6.92 Å². The van der Waals surface area contributed by atoms with Gasteiger partial charge in [0.2, 0.25) is 0 Å². The molecule has 1 aliphatic heterocycles. The number of carbonyl (C=O) groups is 1. The van der Waals surface area contributed by atoms with Crippen LogP contribution in [0, 0.1) is 0 Å². The summed E-state index contributed by atoms with van der Waals surface area (Å²) >= 11 is 3.18. The van der Waals surface area contributed by atoms with Gasteiger partial charge in [0.15, 0.2) is 0 Å². The molecule has 0 unspecified atom stereocenters. The molecule has 0 aromatic rings. The number of hydrogen-bond donors (Lipinski definition) is 0. The quantitative estimate of drug-likeness (QED) is 0.638. The van der Waals surface area contributed by atoms with E-state index >= 15 is 0 Å². The van der Waals surface area contributed by atoms with Gasteiger partial charge in [0.1, 0.15) is 9.63 Å². The smallest absolute Gasteiger partial charge is 0.318 e. The number of carbonyl (C=O) groups excluding carboxylic acids is 1. The number of hydrogen-bond acceptors (Lipinski definition) is 5. The molecule has 0 saturated heterocycles. The molecule has 0 aromatic heterocycles. The second-order valence-electron chi connectivity index (χ2n) is 2.28. The molecule has 0 radical (unpaired) electrons. The highest BCUT2D eigenvalue weighted by atomic mass is 32.2. The van der Waals surface area contributed by atoms with Crippen molar-refractivity contribution in [3.63, 3.8) is 0 Å². The van der Waals surface area contributed by atoms with Crippen molar-refractivity contribution in [3.05, 3.63) is 0 Å². The molecule has 3 nitrogen and oxygen atoms in total. The van der Waals surface area contributed by atoms with Gasteiger partial charge in [-0.3, -0.25) is 9.79 Å². The predicted molar refractivity (Wildman–Crippen MR) is 53.8 cm³/mol. The molecule has 0 aliphatic carbocycles. The minimum atomic E-state index is -0.185.